The van der Waals surface area contributed by atoms with Crippen LogP contribution in [0.1, 0.15) is 13.8 Å². The lowest BCUT2D eigenvalue weighted by molar-refractivity contribution is 0.443. The third-order valence-corrected chi connectivity index (χ3v) is 3.84. The molecule has 0 saturated carbocycles. The van der Waals surface area contributed by atoms with E-state index in [1.54, 1.807) is 0 Å². The molecule has 3 heteroatoms. The van der Waals surface area contributed by atoms with E-state index in [1.807, 2.05) is 17.8 Å². The number of rotatable bonds is 7. The van der Waals surface area contributed by atoms with Gasteiger partial charge < -0.3 is 5.32 Å². The van der Waals surface area contributed by atoms with Crippen molar-refractivity contribution in [3.05, 3.63) is 30.3 Å². The van der Waals surface area contributed by atoms with E-state index < -0.39 is 0 Å². The Kier molecular flexibility index (Phi) is 6.93. The van der Waals surface area contributed by atoms with Gasteiger partial charge in [0.05, 0.1) is 0 Å². The van der Waals surface area contributed by atoms with Crippen LogP contribution >= 0.6 is 23.4 Å². The zero-order chi connectivity index (χ0) is 11.8. The molecule has 90 valence electrons. The minimum absolute atomic E-state index is 0.429. The van der Waals surface area contributed by atoms with Crippen molar-refractivity contribution in [1.82, 2.24) is 5.32 Å². The Morgan fingerprint density at radius 3 is 2.50 bits per heavy atom. The van der Waals surface area contributed by atoms with Crippen molar-refractivity contribution in [1.29, 1.82) is 0 Å². The monoisotopic (exact) mass is 257 g/mol. The smallest absolute Gasteiger partial charge is 0.0379 e. The molecule has 1 nitrogen and oxygen atoms in total. The van der Waals surface area contributed by atoms with Gasteiger partial charge in [-0.15, -0.1) is 23.4 Å². The average molecular weight is 258 g/mol. The number of nitrogens with one attached hydrogen (secondary N) is 1. The predicted octanol–water partition coefficient (Wildman–Crippen LogP) is 3.63. The van der Waals surface area contributed by atoms with E-state index in [2.05, 4.69) is 43.4 Å². The molecule has 1 unspecified atom stereocenters. The highest BCUT2D eigenvalue weighted by molar-refractivity contribution is 7.99. The first kappa shape index (κ1) is 13.9. The molecule has 1 aromatic carbocycles. The predicted molar refractivity (Wildman–Crippen MR) is 74.5 cm³/mol. The highest BCUT2D eigenvalue weighted by atomic mass is 35.5. The molecule has 0 aromatic heterocycles. The molecule has 0 saturated heterocycles. The van der Waals surface area contributed by atoms with Gasteiger partial charge in [0.15, 0.2) is 0 Å². The molecule has 0 aliphatic rings. The molecule has 1 rings (SSSR count). The van der Waals surface area contributed by atoms with Crippen LogP contribution in [0.3, 0.4) is 0 Å². The minimum Gasteiger partial charge on any atom is -0.312 e. The molecular weight excluding hydrogens is 238 g/mol. The zero-order valence-electron chi connectivity index (χ0n) is 9.95. The van der Waals surface area contributed by atoms with E-state index in [4.69, 9.17) is 11.6 Å². The maximum Gasteiger partial charge on any atom is 0.0379 e. The second-order valence-corrected chi connectivity index (χ2v) is 5.60. The van der Waals surface area contributed by atoms with E-state index in [0.717, 1.165) is 12.3 Å². The highest BCUT2D eigenvalue weighted by Gasteiger charge is 2.10. The standard InChI is InChI=1S/C13H20ClNS/c1-11(2)13(10-14)15-8-9-16-12-6-4-3-5-7-12/h3-7,11,13,15H,8-10H2,1-2H3. The first-order chi connectivity index (χ1) is 7.74. The van der Waals surface area contributed by atoms with Crippen LogP contribution in [-0.4, -0.2) is 24.2 Å². The SMILES string of the molecule is CC(C)C(CCl)NCCSc1ccccc1. The van der Waals surface area contributed by atoms with Gasteiger partial charge in [-0.2, -0.15) is 0 Å². The molecule has 16 heavy (non-hydrogen) atoms. The molecule has 0 aliphatic carbocycles. The third kappa shape index (κ3) is 5.24. The summed E-state index contributed by atoms with van der Waals surface area (Å²) in [5, 5.41) is 3.49. The zero-order valence-corrected chi connectivity index (χ0v) is 11.5. The van der Waals surface area contributed by atoms with Crippen molar-refractivity contribution in [3.8, 4) is 0 Å². The summed E-state index contributed by atoms with van der Waals surface area (Å²) in [7, 11) is 0. The number of hydrogen-bond donors (Lipinski definition) is 1. The van der Waals surface area contributed by atoms with E-state index >= 15 is 0 Å². The maximum atomic E-state index is 5.89. The fourth-order valence-electron chi connectivity index (χ4n) is 1.40. The lowest BCUT2D eigenvalue weighted by atomic mass is 10.1. The molecule has 1 atom stereocenters. The Balaban J connectivity index is 2.16. The summed E-state index contributed by atoms with van der Waals surface area (Å²) >= 11 is 7.77. The molecule has 0 fully saturated rings. The van der Waals surface area contributed by atoms with Gasteiger partial charge in [0.2, 0.25) is 0 Å². The van der Waals surface area contributed by atoms with Gasteiger partial charge in [0.25, 0.3) is 0 Å². The summed E-state index contributed by atoms with van der Waals surface area (Å²) in [6, 6.07) is 10.9. The second kappa shape index (κ2) is 7.99. The first-order valence-electron chi connectivity index (χ1n) is 5.71. The molecule has 0 heterocycles. The molecule has 1 N–H and O–H groups in total. The summed E-state index contributed by atoms with van der Waals surface area (Å²) in [6.07, 6.45) is 0. The van der Waals surface area contributed by atoms with Gasteiger partial charge in [0, 0.05) is 29.1 Å². The van der Waals surface area contributed by atoms with Gasteiger partial charge in [-0.3, -0.25) is 0 Å². The van der Waals surface area contributed by atoms with Crippen LogP contribution in [0.25, 0.3) is 0 Å². The quantitative estimate of drug-likeness (QED) is 0.455. The van der Waals surface area contributed by atoms with Gasteiger partial charge in [-0.1, -0.05) is 32.0 Å². The van der Waals surface area contributed by atoms with Crippen LogP contribution in [0.15, 0.2) is 35.2 Å². The summed E-state index contributed by atoms with van der Waals surface area (Å²) in [5.74, 6) is 2.37. The molecule has 0 amide bonds. The van der Waals surface area contributed by atoms with E-state index in [1.165, 1.54) is 4.90 Å². The van der Waals surface area contributed by atoms with Gasteiger partial charge in [0.1, 0.15) is 0 Å². The minimum atomic E-state index is 0.429. The average Bonchev–Trinajstić information content (AvgIpc) is 2.30. The molecular formula is C13H20ClNS. The Morgan fingerprint density at radius 2 is 1.94 bits per heavy atom. The van der Waals surface area contributed by atoms with Crippen LogP contribution in [0, 0.1) is 5.92 Å². The molecule has 0 radical (unpaired) electrons. The topological polar surface area (TPSA) is 12.0 Å². The van der Waals surface area contributed by atoms with Crippen molar-refractivity contribution >= 4 is 23.4 Å². The Labute approximate surface area is 108 Å². The molecule has 1 aromatic rings. The Bertz CT molecular complexity index is 277. The van der Waals surface area contributed by atoms with Crippen molar-refractivity contribution in [2.75, 3.05) is 18.2 Å². The summed E-state index contributed by atoms with van der Waals surface area (Å²) < 4.78 is 0. The largest absolute Gasteiger partial charge is 0.312 e. The van der Waals surface area contributed by atoms with Crippen molar-refractivity contribution in [2.24, 2.45) is 5.92 Å². The van der Waals surface area contributed by atoms with Gasteiger partial charge >= 0.3 is 0 Å². The number of benzene rings is 1. The Hall–Kier alpha value is -0.180. The third-order valence-electron chi connectivity index (χ3n) is 2.49. The normalized spacial score (nSPS) is 13.0. The highest BCUT2D eigenvalue weighted by Crippen LogP contribution is 2.16. The number of alkyl halides is 1. The van der Waals surface area contributed by atoms with Crippen molar-refractivity contribution in [3.63, 3.8) is 0 Å². The Morgan fingerprint density at radius 1 is 1.25 bits per heavy atom. The second-order valence-electron chi connectivity index (χ2n) is 4.12. The molecule has 0 spiro atoms. The number of thioether (sulfide) groups is 1. The van der Waals surface area contributed by atoms with Crippen LogP contribution < -0.4 is 5.32 Å². The van der Waals surface area contributed by atoms with E-state index in [9.17, 15) is 0 Å². The van der Waals surface area contributed by atoms with Crippen LogP contribution in [-0.2, 0) is 0 Å². The number of halogens is 1. The van der Waals surface area contributed by atoms with Crippen LogP contribution in [0.2, 0.25) is 0 Å². The summed E-state index contributed by atoms with van der Waals surface area (Å²) in [5.41, 5.74) is 0. The van der Waals surface area contributed by atoms with E-state index in [-0.39, 0.29) is 0 Å². The van der Waals surface area contributed by atoms with Crippen molar-refractivity contribution < 1.29 is 0 Å². The van der Waals surface area contributed by atoms with Gasteiger partial charge in [-0.05, 0) is 18.1 Å². The van der Waals surface area contributed by atoms with Crippen LogP contribution in [0.4, 0.5) is 0 Å². The van der Waals surface area contributed by atoms with Gasteiger partial charge in [-0.25, -0.2) is 0 Å². The summed E-state index contributed by atoms with van der Waals surface area (Å²) in [6.45, 7) is 5.41. The lowest BCUT2D eigenvalue weighted by Crippen LogP contribution is -2.36. The van der Waals surface area contributed by atoms with Crippen molar-refractivity contribution in [2.45, 2.75) is 24.8 Å². The first-order valence-corrected chi connectivity index (χ1v) is 7.23. The van der Waals surface area contributed by atoms with Crippen LogP contribution in [0.5, 0.6) is 0 Å². The fraction of sp³-hybridized carbons (Fsp3) is 0.538. The lowest BCUT2D eigenvalue weighted by Gasteiger charge is -2.19. The molecule has 0 bridgehead atoms. The van der Waals surface area contributed by atoms with E-state index in [0.29, 0.717) is 17.8 Å². The maximum absolute atomic E-state index is 5.89. The summed E-state index contributed by atoms with van der Waals surface area (Å²) in [4.78, 5) is 1.33. The number of hydrogen-bond acceptors (Lipinski definition) is 2. The fourth-order valence-corrected chi connectivity index (χ4v) is 2.67. The molecule has 0 aliphatic heterocycles.